The second-order valence-electron chi connectivity index (χ2n) is 4.64. The van der Waals surface area contributed by atoms with Crippen LogP contribution >= 0.6 is 12.4 Å². The largest absolute Gasteiger partial charge is 0.463 e. The number of ether oxygens (including phenoxy) is 1. The molecule has 0 spiro atoms. The Morgan fingerprint density at radius 2 is 1.86 bits per heavy atom. The summed E-state index contributed by atoms with van der Waals surface area (Å²) in [5, 5.41) is 4.31. The van der Waals surface area contributed by atoms with E-state index in [1.807, 2.05) is 0 Å². The van der Waals surface area contributed by atoms with Crippen LogP contribution in [0, 0.1) is 13.8 Å². The molecule has 7 heteroatoms. The summed E-state index contributed by atoms with van der Waals surface area (Å²) in [7, 11) is 1.12. The molecule has 1 aromatic rings. The summed E-state index contributed by atoms with van der Waals surface area (Å²) < 4.78 is 6.08. The van der Waals surface area contributed by atoms with Gasteiger partial charge in [-0.15, -0.1) is 12.4 Å². The van der Waals surface area contributed by atoms with Crippen LogP contribution in [0.5, 0.6) is 0 Å². The molecule has 0 aliphatic rings. The first-order valence-electron chi connectivity index (χ1n) is 6.60. The van der Waals surface area contributed by atoms with Gasteiger partial charge in [-0.3, -0.25) is 14.3 Å². The fourth-order valence-corrected chi connectivity index (χ4v) is 2.05. The maximum atomic E-state index is 12.1. The monoisotopic (exact) mass is 316 g/mol. The van der Waals surface area contributed by atoms with Crippen molar-refractivity contribution in [1.29, 1.82) is 0 Å². The molecule has 0 N–H and O–H groups in total. The molecule has 0 fully saturated rings. The van der Waals surface area contributed by atoms with E-state index < -0.39 is 24.0 Å². The van der Waals surface area contributed by atoms with Crippen LogP contribution in [0.3, 0.4) is 0 Å². The Morgan fingerprint density at radius 1 is 1.24 bits per heavy atom. The smallest absolute Gasteiger partial charge is 0.374 e. The van der Waals surface area contributed by atoms with Crippen molar-refractivity contribution in [2.75, 3.05) is 7.11 Å². The number of hydrogen-bond donors (Lipinski definition) is 0. The van der Waals surface area contributed by atoms with Crippen LogP contribution in [0.25, 0.3) is 0 Å². The molecule has 6 nitrogen and oxygen atoms in total. The predicted molar refractivity (Wildman–Crippen MR) is 79.8 cm³/mol. The van der Waals surface area contributed by atoms with Gasteiger partial charge in [-0.1, -0.05) is 13.3 Å². The zero-order valence-corrected chi connectivity index (χ0v) is 13.6. The number of Topliss-reactive ketones (excluding diaryl/α,β-unsaturated/α-hetero) is 2. The summed E-state index contributed by atoms with van der Waals surface area (Å²) in [6.07, 6.45) is 1.52. The van der Waals surface area contributed by atoms with E-state index in [0.29, 0.717) is 11.3 Å². The fraction of sp³-hybridized carbons (Fsp3) is 0.571. The van der Waals surface area contributed by atoms with Gasteiger partial charge < -0.3 is 4.74 Å². The number of halogens is 1. The van der Waals surface area contributed by atoms with Gasteiger partial charge in [0.25, 0.3) is 0 Å². The molecule has 0 aromatic carbocycles. The van der Waals surface area contributed by atoms with Gasteiger partial charge in [0.1, 0.15) is 0 Å². The predicted octanol–water partition coefficient (Wildman–Crippen LogP) is 2.04. The van der Waals surface area contributed by atoms with Crippen molar-refractivity contribution in [3.05, 3.63) is 17.0 Å². The molecule has 0 aliphatic heterocycles. The minimum absolute atomic E-state index is 0. The maximum Gasteiger partial charge on any atom is 0.374 e. The third-order valence-electron chi connectivity index (χ3n) is 3.12. The number of ketones is 2. The third kappa shape index (κ3) is 4.67. The Labute approximate surface area is 130 Å². The van der Waals surface area contributed by atoms with Crippen LogP contribution in [-0.4, -0.2) is 34.4 Å². The van der Waals surface area contributed by atoms with E-state index >= 15 is 0 Å². The van der Waals surface area contributed by atoms with Crippen LogP contribution in [-0.2, 0) is 20.9 Å². The van der Waals surface area contributed by atoms with Gasteiger partial charge in [-0.05, 0) is 20.3 Å². The number of esters is 1. The van der Waals surface area contributed by atoms with E-state index in [1.165, 1.54) is 0 Å². The van der Waals surface area contributed by atoms with E-state index in [9.17, 15) is 14.4 Å². The molecule has 118 valence electrons. The lowest BCUT2D eigenvalue weighted by Crippen LogP contribution is -2.20. The van der Waals surface area contributed by atoms with Crippen LogP contribution in [0.1, 0.15) is 47.9 Å². The number of aryl methyl sites for hydroxylation is 2. The second-order valence-corrected chi connectivity index (χ2v) is 4.64. The third-order valence-corrected chi connectivity index (χ3v) is 3.12. The average molecular weight is 317 g/mol. The minimum atomic E-state index is -0.993. The van der Waals surface area contributed by atoms with E-state index in [4.69, 9.17) is 0 Å². The average Bonchev–Trinajstić information content (AvgIpc) is 2.69. The van der Waals surface area contributed by atoms with E-state index in [0.717, 1.165) is 32.2 Å². The van der Waals surface area contributed by atoms with E-state index in [1.54, 1.807) is 18.5 Å². The van der Waals surface area contributed by atoms with Crippen LogP contribution in [0.4, 0.5) is 0 Å². The molecule has 0 atom stereocenters. The molecule has 0 unspecified atom stereocenters. The second kappa shape index (κ2) is 8.56. The molecule has 0 aliphatic carbocycles. The number of methoxy groups -OCH3 is 1. The fourth-order valence-electron chi connectivity index (χ4n) is 2.05. The minimum Gasteiger partial charge on any atom is -0.463 e. The highest BCUT2D eigenvalue weighted by Crippen LogP contribution is 2.16. The van der Waals surface area contributed by atoms with E-state index in [2.05, 4.69) is 16.8 Å². The van der Waals surface area contributed by atoms with Crippen molar-refractivity contribution in [2.45, 2.75) is 46.6 Å². The summed E-state index contributed by atoms with van der Waals surface area (Å²) in [5.41, 5.74) is 1.75. The maximum absolute atomic E-state index is 12.1. The molecule has 1 heterocycles. The number of aromatic nitrogens is 2. The molecule has 0 saturated carbocycles. The lowest BCUT2D eigenvalue weighted by atomic mass is 10.0. The highest BCUT2D eigenvalue weighted by molar-refractivity contribution is 6.38. The number of hydrogen-bond acceptors (Lipinski definition) is 5. The number of carbonyl (C=O) groups excluding carboxylic acids is 3. The van der Waals surface area contributed by atoms with Crippen LogP contribution in [0.2, 0.25) is 0 Å². The lowest BCUT2D eigenvalue weighted by Gasteiger charge is -2.04. The van der Waals surface area contributed by atoms with Crippen molar-refractivity contribution in [3.63, 3.8) is 0 Å². The standard InChI is InChI=1S/C14H20N2O4.ClH/c1-5-6-7-16-10(3)13(9(2)15-16)11(17)8-12(18)14(19)20-4;/h5-8H2,1-4H3;1H. The highest BCUT2D eigenvalue weighted by atomic mass is 35.5. The molecule has 21 heavy (non-hydrogen) atoms. The molecular formula is C14H21ClN2O4. The molecule has 0 saturated heterocycles. The topological polar surface area (TPSA) is 78.3 Å². The summed E-state index contributed by atoms with van der Waals surface area (Å²) >= 11 is 0. The van der Waals surface area contributed by atoms with Gasteiger partial charge in [0.2, 0.25) is 5.78 Å². The van der Waals surface area contributed by atoms with Gasteiger partial charge in [-0.2, -0.15) is 5.10 Å². The molecule has 1 rings (SSSR count). The number of carbonyl (C=O) groups is 3. The van der Waals surface area contributed by atoms with Crippen molar-refractivity contribution >= 4 is 29.9 Å². The Balaban J connectivity index is 0.00000400. The Bertz CT molecular complexity index is 537. The summed E-state index contributed by atoms with van der Waals surface area (Å²) in [6.45, 7) is 6.34. The zero-order valence-electron chi connectivity index (χ0n) is 12.8. The Hall–Kier alpha value is -1.69. The number of rotatable bonds is 7. The quantitative estimate of drug-likeness (QED) is 0.333. The van der Waals surface area contributed by atoms with Crippen LogP contribution < -0.4 is 0 Å². The molecule has 1 aromatic heterocycles. The lowest BCUT2D eigenvalue weighted by molar-refractivity contribution is -0.151. The summed E-state index contributed by atoms with van der Waals surface area (Å²) in [5.74, 6) is -2.22. The molecule has 0 amide bonds. The van der Waals surface area contributed by atoms with Crippen molar-refractivity contribution < 1.29 is 19.1 Å². The van der Waals surface area contributed by atoms with Crippen molar-refractivity contribution in [2.24, 2.45) is 0 Å². The van der Waals surface area contributed by atoms with Gasteiger partial charge in [-0.25, -0.2) is 4.79 Å². The zero-order chi connectivity index (χ0) is 15.3. The molecule has 0 radical (unpaired) electrons. The summed E-state index contributed by atoms with van der Waals surface area (Å²) in [4.78, 5) is 34.6. The first-order chi connectivity index (χ1) is 9.42. The Morgan fingerprint density at radius 3 is 2.38 bits per heavy atom. The molecular weight excluding hydrogens is 296 g/mol. The normalized spacial score (nSPS) is 9.90. The highest BCUT2D eigenvalue weighted by Gasteiger charge is 2.24. The van der Waals surface area contributed by atoms with Gasteiger partial charge >= 0.3 is 5.97 Å². The first kappa shape index (κ1) is 19.3. The first-order valence-corrected chi connectivity index (χ1v) is 6.60. The SMILES string of the molecule is CCCCn1nc(C)c(C(=O)CC(=O)C(=O)OC)c1C.Cl. The van der Waals surface area contributed by atoms with Crippen molar-refractivity contribution in [3.8, 4) is 0 Å². The van der Waals surface area contributed by atoms with E-state index in [-0.39, 0.29) is 12.4 Å². The number of unbranched alkanes of at least 4 members (excludes halogenated alkanes) is 1. The van der Waals surface area contributed by atoms with Gasteiger partial charge in [0, 0.05) is 12.2 Å². The van der Waals surface area contributed by atoms with Crippen molar-refractivity contribution in [1.82, 2.24) is 9.78 Å². The Kier molecular flexibility index (Phi) is 7.88. The van der Waals surface area contributed by atoms with Gasteiger partial charge in [0.05, 0.1) is 24.8 Å². The van der Waals surface area contributed by atoms with Crippen LogP contribution in [0.15, 0.2) is 0 Å². The molecule has 0 bridgehead atoms. The summed E-state index contributed by atoms with van der Waals surface area (Å²) in [6, 6.07) is 0. The van der Waals surface area contributed by atoms with Gasteiger partial charge in [0.15, 0.2) is 5.78 Å². The number of nitrogens with zero attached hydrogens (tertiary/aromatic N) is 2.